The summed E-state index contributed by atoms with van der Waals surface area (Å²) in [5.41, 5.74) is 1.85. The van der Waals surface area contributed by atoms with Gasteiger partial charge in [-0.3, -0.25) is 4.79 Å². The number of aliphatic hydroxyl groups excluding tert-OH is 1. The highest BCUT2D eigenvalue weighted by Gasteiger charge is 2.17. The molecule has 0 saturated carbocycles. The van der Waals surface area contributed by atoms with E-state index >= 15 is 0 Å². The molecule has 0 radical (unpaired) electrons. The summed E-state index contributed by atoms with van der Waals surface area (Å²) in [6.07, 6.45) is 2.30. The van der Waals surface area contributed by atoms with Crippen LogP contribution < -0.4 is 5.32 Å². The van der Waals surface area contributed by atoms with Gasteiger partial charge < -0.3 is 14.8 Å². The quantitative estimate of drug-likeness (QED) is 0.750. The Kier molecular flexibility index (Phi) is 4.35. The molecule has 1 atom stereocenters. The van der Waals surface area contributed by atoms with Crippen LogP contribution >= 0.6 is 0 Å². The first-order chi connectivity index (χ1) is 11.5. The maximum atomic E-state index is 12.4. The standard InChI is InChI=1S/C17H20N4O3/c1-10(2)21-16-12(8-19-21)7-13(11(3)20-16)17(23)18-9-14(22)15-5-4-6-24-15/h4-8,10,14,22H,9H2,1-3H3,(H,18,23). The Balaban J connectivity index is 1.78. The topological polar surface area (TPSA) is 93.2 Å². The Morgan fingerprint density at radius 1 is 1.46 bits per heavy atom. The number of carbonyl (C=O) groups is 1. The van der Waals surface area contributed by atoms with Crippen LogP contribution in [0.4, 0.5) is 0 Å². The average Bonchev–Trinajstić information content (AvgIpc) is 3.20. The number of furan rings is 1. The summed E-state index contributed by atoms with van der Waals surface area (Å²) in [6, 6.07) is 5.32. The van der Waals surface area contributed by atoms with E-state index in [9.17, 15) is 9.90 Å². The highest BCUT2D eigenvalue weighted by molar-refractivity contribution is 5.98. The van der Waals surface area contributed by atoms with E-state index in [-0.39, 0.29) is 18.5 Å². The smallest absolute Gasteiger partial charge is 0.253 e. The number of nitrogens with one attached hydrogen (secondary N) is 1. The van der Waals surface area contributed by atoms with E-state index in [1.165, 1.54) is 6.26 Å². The van der Waals surface area contributed by atoms with Crippen molar-refractivity contribution < 1.29 is 14.3 Å². The molecule has 0 aliphatic carbocycles. The molecule has 3 heterocycles. The van der Waals surface area contributed by atoms with Crippen molar-refractivity contribution in [1.82, 2.24) is 20.1 Å². The number of pyridine rings is 1. The molecule has 0 saturated heterocycles. The number of aromatic nitrogens is 3. The molecule has 2 N–H and O–H groups in total. The summed E-state index contributed by atoms with van der Waals surface area (Å²) < 4.78 is 6.94. The van der Waals surface area contributed by atoms with Crippen molar-refractivity contribution in [3.63, 3.8) is 0 Å². The number of fused-ring (bicyclic) bond motifs is 1. The molecule has 0 aromatic carbocycles. The van der Waals surface area contributed by atoms with Gasteiger partial charge in [0.05, 0.1) is 30.3 Å². The molecule has 0 fully saturated rings. The van der Waals surface area contributed by atoms with Crippen molar-refractivity contribution in [2.24, 2.45) is 0 Å². The van der Waals surface area contributed by atoms with Gasteiger partial charge in [0, 0.05) is 11.4 Å². The van der Waals surface area contributed by atoms with Crippen LogP contribution in [0.2, 0.25) is 0 Å². The lowest BCUT2D eigenvalue weighted by Crippen LogP contribution is -2.29. The molecule has 0 spiro atoms. The first kappa shape index (κ1) is 16.2. The third-order valence-electron chi connectivity index (χ3n) is 3.82. The number of hydrogen-bond acceptors (Lipinski definition) is 5. The number of aliphatic hydroxyl groups is 1. The van der Waals surface area contributed by atoms with E-state index in [0.29, 0.717) is 17.0 Å². The largest absolute Gasteiger partial charge is 0.467 e. The van der Waals surface area contributed by atoms with E-state index in [0.717, 1.165) is 11.0 Å². The molecular weight excluding hydrogens is 308 g/mol. The summed E-state index contributed by atoms with van der Waals surface area (Å²) in [6.45, 7) is 5.91. The predicted molar refractivity (Wildman–Crippen MR) is 88.7 cm³/mol. The second-order valence-electron chi connectivity index (χ2n) is 5.96. The number of hydrogen-bond donors (Lipinski definition) is 2. The van der Waals surface area contributed by atoms with Gasteiger partial charge in [0.15, 0.2) is 5.65 Å². The Bertz CT molecular complexity index is 852. The molecule has 7 nitrogen and oxygen atoms in total. The minimum absolute atomic E-state index is 0.0646. The van der Waals surface area contributed by atoms with Gasteiger partial charge in [-0.15, -0.1) is 0 Å². The van der Waals surface area contributed by atoms with Crippen LogP contribution in [0.3, 0.4) is 0 Å². The fourth-order valence-electron chi connectivity index (χ4n) is 2.54. The molecule has 24 heavy (non-hydrogen) atoms. The van der Waals surface area contributed by atoms with Crippen LogP contribution in [0.5, 0.6) is 0 Å². The maximum absolute atomic E-state index is 12.4. The van der Waals surface area contributed by atoms with Crippen LogP contribution in [-0.2, 0) is 0 Å². The van der Waals surface area contributed by atoms with Gasteiger partial charge >= 0.3 is 0 Å². The zero-order valence-corrected chi connectivity index (χ0v) is 13.9. The Morgan fingerprint density at radius 3 is 2.92 bits per heavy atom. The number of nitrogens with zero attached hydrogens (tertiary/aromatic N) is 3. The SMILES string of the molecule is Cc1nc2c(cnn2C(C)C)cc1C(=O)NCC(O)c1ccco1. The Labute approximate surface area is 139 Å². The van der Waals surface area contributed by atoms with Crippen LogP contribution in [-0.4, -0.2) is 32.3 Å². The molecule has 3 aromatic heterocycles. The molecule has 3 rings (SSSR count). The fourth-order valence-corrected chi connectivity index (χ4v) is 2.54. The molecule has 1 amide bonds. The van der Waals surface area contributed by atoms with Crippen molar-refractivity contribution in [3.8, 4) is 0 Å². The van der Waals surface area contributed by atoms with Crippen molar-refractivity contribution in [1.29, 1.82) is 0 Å². The number of carbonyl (C=O) groups excluding carboxylic acids is 1. The average molecular weight is 328 g/mol. The molecule has 126 valence electrons. The Hall–Kier alpha value is -2.67. The third-order valence-corrected chi connectivity index (χ3v) is 3.82. The summed E-state index contributed by atoms with van der Waals surface area (Å²) in [4.78, 5) is 16.9. The molecule has 0 aliphatic heterocycles. The molecular formula is C17H20N4O3. The van der Waals surface area contributed by atoms with E-state index in [1.54, 1.807) is 31.3 Å². The summed E-state index contributed by atoms with van der Waals surface area (Å²) >= 11 is 0. The lowest BCUT2D eigenvalue weighted by Gasteiger charge is -2.11. The van der Waals surface area contributed by atoms with Crippen LogP contribution in [0, 0.1) is 6.92 Å². The summed E-state index contributed by atoms with van der Waals surface area (Å²) in [7, 11) is 0. The van der Waals surface area contributed by atoms with Gasteiger partial charge in [-0.25, -0.2) is 9.67 Å². The van der Waals surface area contributed by atoms with E-state index in [2.05, 4.69) is 15.4 Å². The van der Waals surface area contributed by atoms with Crippen LogP contribution in [0.1, 0.15) is 47.8 Å². The lowest BCUT2D eigenvalue weighted by atomic mass is 10.1. The van der Waals surface area contributed by atoms with Crippen LogP contribution in [0.25, 0.3) is 11.0 Å². The normalized spacial score (nSPS) is 12.7. The number of rotatable bonds is 5. The van der Waals surface area contributed by atoms with Crippen molar-refractivity contribution in [2.75, 3.05) is 6.54 Å². The van der Waals surface area contributed by atoms with E-state index < -0.39 is 6.10 Å². The van der Waals surface area contributed by atoms with Crippen molar-refractivity contribution >= 4 is 16.9 Å². The zero-order chi connectivity index (χ0) is 17.3. The van der Waals surface area contributed by atoms with Crippen LogP contribution in [0.15, 0.2) is 35.1 Å². The van der Waals surface area contributed by atoms with Gasteiger partial charge in [0.1, 0.15) is 11.9 Å². The minimum Gasteiger partial charge on any atom is -0.467 e. The molecule has 1 unspecified atom stereocenters. The first-order valence-corrected chi connectivity index (χ1v) is 7.82. The maximum Gasteiger partial charge on any atom is 0.253 e. The van der Waals surface area contributed by atoms with Gasteiger partial charge in [-0.05, 0) is 39.0 Å². The van der Waals surface area contributed by atoms with Gasteiger partial charge in [0.2, 0.25) is 0 Å². The predicted octanol–water partition coefficient (Wildman–Crippen LogP) is 2.38. The van der Waals surface area contributed by atoms with E-state index in [1.807, 2.05) is 18.5 Å². The number of amides is 1. The summed E-state index contributed by atoms with van der Waals surface area (Å²) in [5.74, 6) is 0.128. The minimum atomic E-state index is -0.885. The fraction of sp³-hybridized carbons (Fsp3) is 0.353. The molecule has 0 aliphatic rings. The molecule has 0 bridgehead atoms. The number of aryl methyl sites for hydroxylation is 1. The second kappa shape index (κ2) is 6.45. The van der Waals surface area contributed by atoms with Gasteiger partial charge in [0.25, 0.3) is 5.91 Å². The monoisotopic (exact) mass is 328 g/mol. The Morgan fingerprint density at radius 2 is 2.25 bits per heavy atom. The zero-order valence-electron chi connectivity index (χ0n) is 13.9. The first-order valence-electron chi connectivity index (χ1n) is 7.82. The molecule has 7 heteroatoms. The lowest BCUT2D eigenvalue weighted by molar-refractivity contribution is 0.0900. The van der Waals surface area contributed by atoms with Crippen molar-refractivity contribution in [2.45, 2.75) is 32.9 Å². The van der Waals surface area contributed by atoms with Gasteiger partial charge in [-0.1, -0.05) is 0 Å². The second-order valence-corrected chi connectivity index (χ2v) is 5.96. The molecule has 3 aromatic rings. The highest BCUT2D eigenvalue weighted by atomic mass is 16.4. The van der Waals surface area contributed by atoms with Gasteiger partial charge in [-0.2, -0.15) is 5.10 Å². The van der Waals surface area contributed by atoms with E-state index in [4.69, 9.17) is 4.42 Å². The highest BCUT2D eigenvalue weighted by Crippen LogP contribution is 2.19. The third kappa shape index (κ3) is 3.03. The van der Waals surface area contributed by atoms with Crippen molar-refractivity contribution in [3.05, 3.63) is 47.7 Å². The summed E-state index contributed by atoms with van der Waals surface area (Å²) in [5, 5.41) is 17.8.